The first kappa shape index (κ1) is 19.7. The molecule has 2 aromatic heterocycles. The fraction of sp³-hybridized carbons (Fsp3) is 0.176. The first-order chi connectivity index (χ1) is 13.0. The van der Waals surface area contributed by atoms with Crippen molar-refractivity contribution < 1.29 is 36.0 Å². The molecule has 0 bridgehead atoms. The second-order valence-corrected chi connectivity index (χ2v) is 5.79. The zero-order valence-electron chi connectivity index (χ0n) is 13.7. The fourth-order valence-corrected chi connectivity index (χ4v) is 2.65. The summed E-state index contributed by atoms with van der Waals surface area (Å²) in [5.74, 6) is -0.179. The monoisotopic (exact) mass is 403 g/mol. The Morgan fingerprint density at radius 1 is 0.821 bits per heavy atom. The van der Waals surface area contributed by atoms with Gasteiger partial charge in [-0.25, -0.2) is 0 Å². The van der Waals surface area contributed by atoms with Gasteiger partial charge in [0.2, 0.25) is 5.88 Å². The Balaban J connectivity index is 2.09. The average Bonchev–Trinajstić information content (AvgIpc) is 3.01. The molecule has 148 valence electrons. The summed E-state index contributed by atoms with van der Waals surface area (Å²) in [4.78, 5) is 3.83. The molecule has 3 aromatic rings. The van der Waals surface area contributed by atoms with Gasteiger partial charge in [-0.2, -0.15) is 26.3 Å². The van der Waals surface area contributed by atoms with E-state index >= 15 is 0 Å². The highest BCUT2D eigenvalue weighted by Gasteiger charge is 2.71. The van der Waals surface area contributed by atoms with E-state index in [2.05, 4.69) is 10.1 Å². The van der Waals surface area contributed by atoms with Crippen LogP contribution in [0.5, 0.6) is 0 Å². The van der Waals surface area contributed by atoms with Crippen molar-refractivity contribution >= 4 is 5.88 Å². The van der Waals surface area contributed by atoms with E-state index in [0.29, 0.717) is 17.7 Å². The normalized spacial score (nSPS) is 13.0. The van der Waals surface area contributed by atoms with Crippen LogP contribution in [0.2, 0.25) is 0 Å². The van der Waals surface area contributed by atoms with E-state index in [1.165, 1.54) is 12.4 Å². The summed E-state index contributed by atoms with van der Waals surface area (Å²) in [6.45, 7) is 0. The number of nitrogen functional groups attached to an aromatic ring is 1. The second-order valence-electron chi connectivity index (χ2n) is 5.79. The first-order valence-corrected chi connectivity index (χ1v) is 7.59. The predicted octanol–water partition coefficient (Wildman–Crippen LogP) is 4.30. The Bertz CT molecular complexity index is 951. The topological polar surface area (TPSA) is 85.2 Å². The Morgan fingerprint density at radius 3 is 1.86 bits per heavy atom. The number of anilines is 1. The quantitative estimate of drug-likeness (QED) is 0.637. The smallest absolute Gasteiger partial charge is 0.369 e. The Hall–Kier alpha value is -3.08. The van der Waals surface area contributed by atoms with Gasteiger partial charge in [0, 0.05) is 23.5 Å². The molecule has 0 aliphatic rings. The highest BCUT2D eigenvalue weighted by atomic mass is 19.4. The number of halogens is 6. The summed E-state index contributed by atoms with van der Waals surface area (Å²) in [5.41, 5.74) is 0.424. The van der Waals surface area contributed by atoms with E-state index in [9.17, 15) is 31.4 Å². The number of pyridine rings is 1. The number of hydrogen-bond donors (Lipinski definition) is 2. The number of rotatable bonds is 3. The lowest BCUT2D eigenvalue weighted by Crippen LogP contribution is -2.53. The van der Waals surface area contributed by atoms with E-state index in [4.69, 9.17) is 10.3 Å². The Kier molecular flexibility index (Phi) is 4.58. The summed E-state index contributed by atoms with van der Waals surface area (Å²) in [7, 11) is 0. The largest absolute Gasteiger partial charge is 0.430 e. The summed E-state index contributed by atoms with van der Waals surface area (Å²) in [6, 6.07) is 6.12. The van der Waals surface area contributed by atoms with Gasteiger partial charge in [-0.15, -0.1) is 0 Å². The third-order valence-corrected chi connectivity index (χ3v) is 4.08. The lowest BCUT2D eigenvalue weighted by molar-refractivity contribution is -0.376. The minimum Gasteiger partial charge on any atom is -0.369 e. The molecule has 0 spiro atoms. The van der Waals surface area contributed by atoms with Crippen LogP contribution in [0, 0.1) is 0 Å². The molecule has 3 N–H and O–H groups in total. The van der Waals surface area contributed by atoms with Crippen molar-refractivity contribution in [2.75, 3.05) is 5.73 Å². The summed E-state index contributed by atoms with van der Waals surface area (Å²) < 4.78 is 82.8. The van der Waals surface area contributed by atoms with Crippen LogP contribution in [0.25, 0.3) is 22.4 Å². The number of benzene rings is 1. The highest BCUT2D eigenvalue weighted by Crippen LogP contribution is 2.50. The average molecular weight is 403 g/mol. The molecule has 0 radical (unpaired) electrons. The molecule has 0 aliphatic carbocycles. The van der Waals surface area contributed by atoms with Crippen LogP contribution in [0.3, 0.4) is 0 Å². The molecule has 0 saturated heterocycles. The number of nitrogens with zero attached hydrogens (tertiary/aromatic N) is 2. The number of hydrogen-bond acceptors (Lipinski definition) is 5. The third kappa shape index (κ3) is 3.07. The molecule has 0 atom stereocenters. The number of alkyl halides is 6. The molecule has 3 rings (SSSR count). The van der Waals surface area contributed by atoms with Crippen molar-refractivity contribution in [2.45, 2.75) is 18.0 Å². The minimum absolute atomic E-state index is 0.154. The molecular weight excluding hydrogens is 392 g/mol. The van der Waals surface area contributed by atoms with Gasteiger partial charge < -0.3 is 15.4 Å². The molecule has 0 amide bonds. The molecule has 0 unspecified atom stereocenters. The van der Waals surface area contributed by atoms with E-state index in [-0.39, 0.29) is 22.7 Å². The molecule has 2 heterocycles. The van der Waals surface area contributed by atoms with Crippen LogP contribution in [0.1, 0.15) is 5.56 Å². The van der Waals surface area contributed by atoms with Crippen LogP contribution in [0.4, 0.5) is 32.2 Å². The zero-order valence-corrected chi connectivity index (χ0v) is 13.7. The second kappa shape index (κ2) is 6.51. The van der Waals surface area contributed by atoms with Gasteiger partial charge in [0.25, 0.3) is 5.60 Å². The Morgan fingerprint density at radius 2 is 1.36 bits per heavy atom. The van der Waals surface area contributed by atoms with Crippen molar-refractivity contribution in [3.05, 3.63) is 54.4 Å². The Labute approximate surface area is 153 Å². The summed E-state index contributed by atoms with van der Waals surface area (Å²) >= 11 is 0. The SMILES string of the molecule is Nc1onc(-c2ccncc2)c1-c1ccc(C(O)(C(F)(F)F)C(F)(F)F)cc1. The van der Waals surface area contributed by atoms with E-state index in [1.807, 2.05) is 0 Å². The van der Waals surface area contributed by atoms with Crippen LogP contribution in [0.15, 0.2) is 53.3 Å². The predicted molar refractivity (Wildman–Crippen MR) is 85.6 cm³/mol. The van der Waals surface area contributed by atoms with Crippen LogP contribution < -0.4 is 5.73 Å². The molecule has 0 fully saturated rings. The fourth-order valence-electron chi connectivity index (χ4n) is 2.65. The van der Waals surface area contributed by atoms with Gasteiger partial charge in [0.15, 0.2) is 0 Å². The van der Waals surface area contributed by atoms with Gasteiger partial charge in [-0.1, -0.05) is 29.4 Å². The minimum atomic E-state index is -5.97. The first-order valence-electron chi connectivity index (χ1n) is 7.59. The van der Waals surface area contributed by atoms with Crippen molar-refractivity contribution in [2.24, 2.45) is 0 Å². The van der Waals surface area contributed by atoms with Crippen molar-refractivity contribution in [3.8, 4) is 22.4 Å². The van der Waals surface area contributed by atoms with Crippen LogP contribution in [-0.4, -0.2) is 27.6 Å². The number of aliphatic hydroxyl groups is 1. The molecule has 5 nitrogen and oxygen atoms in total. The zero-order chi connectivity index (χ0) is 20.7. The maximum absolute atomic E-state index is 13.0. The molecular formula is C17H11F6N3O2. The lowest BCUT2D eigenvalue weighted by atomic mass is 9.90. The van der Waals surface area contributed by atoms with Crippen molar-refractivity contribution in [1.82, 2.24) is 10.1 Å². The maximum atomic E-state index is 13.0. The van der Waals surface area contributed by atoms with Gasteiger partial charge >= 0.3 is 12.4 Å². The van der Waals surface area contributed by atoms with Crippen molar-refractivity contribution in [1.29, 1.82) is 0 Å². The molecule has 0 aliphatic heterocycles. The summed E-state index contributed by atoms with van der Waals surface area (Å²) in [6.07, 6.45) is -9.02. The van der Waals surface area contributed by atoms with Crippen LogP contribution in [-0.2, 0) is 5.60 Å². The van der Waals surface area contributed by atoms with Gasteiger partial charge in [0.1, 0.15) is 5.69 Å². The standard InChI is InChI=1S/C17H11F6N3O2/c18-16(19,20)15(27,17(21,22)23)11-3-1-9(2-4-11)12-13(26-28-14(12)24)10-5-7-25-8-6-10/h1-8,27H,24H2. The molecule has 11 heteroatoms. The van der Waals surface area contributed by atoms with Crippen molar-refractivity contribution in [3.63, 3.8) is 0 Å². The van der Waals surface area contributed by atoms with E-state index in [1.54, 1.807) is 12.1 Å². The van der Waals surface area contributed by atoms with Gasteiger partial charge in [0.05, 0.1) is 5.56 Å². The molecule has 1 aromatic carbocycles. The van der Waals surface area contributed by atoms with E-state index < -0.39 is 23.5 Å². The van der Waals surface area contributed by atoms with Gasteiger partial charge in [-0.05, 0) is 17.7 Å². The summed E-state index contributed by atoms with van der Waals surface area (Å²) in [5, 5.41) is 13.2. The van der Waals surface area contributed by atoms with Crippen LogP contribution >= 0.6 is 0 Å². The van der Waals surface area contributed by atoms with E-state index in [0.717, 1.165) is 12.1 Å². The molecule has 28 heavy (non-hydrogen) atoms. The van der Waals surface area contributed by atoms with Gasteiger partial charge in [-0.3, -0.25) is 4.98 Å². The lowest BCUT2D eigenvalue weighted by Gasteiger charge is -2.32. The number of nitrogens with two attached hydrogens (primary N) is 1. The number of aromatic nitrogens is 2. The molecule has 0 saturated carbocycles. The maximum Gasteiger partial charge on any atom is 0.430 e. The highest BCUT2D eigenvalue weighted by molar-refractivity contribution is 5.86. The third-order valence-electron chi connectivity index (χ3n) is 4.08.